The third-order valence-electron chi connectivity index (χ3n) is 4.52. The summed E-state index contributed by atoms with van der Waals surface area (Å²) in [6.07, 6.45) is 0.127. The van der Waals surface area contributed by atoms with Crippen LogP contribution in [0.4, 0.5) is 0 Å². The van der Waals surface area contributed by atoms with Gasteiger partial charge in [0, 0.05) is 29.6 Å². The molecule has 2 heterocycles. The molecule has 7 nitrogen and oxygen atoms in total. The fraction of sp³-hybridized carbons (Fsp3) is 0.190. The molecule has 4 rings (SSSR count). The molecule has 29 heavy (non-hydrogen) atoms. The lowest BCUT2D eigenvalue weighted by Crippen LogP contribution is -2.28. The maximum Gasteiger partial charge on any atom is 0.266 e. The standard InChI is InChI=1S/C21H18ClN3O4/c22-16-4-2-1-3-15(16)12-23-20(26)9-10-25-21(27)8-6-17(24-25)14-5-7-18-19(11-14)29-13-28-18/h1-8,11H,9-10,12-13H2,(H,23,26). The number of hydrogen-bond acceptors (Lipinski definition) is 5. The summed E-state index contributed by atoms with van der Waals surface area (Å²) in [5.74, 6) is 1.13. The van der Waals surface area contributed by atoms with Gasteiger partial charge in [-0.2, -0.15) is 5.10 Å². The van der Waals surface area contributed by atoms with Crippen molar-refractivity contribution >= 4 is 17.5 Å². The zero-order chi connectivity index (χ0) is 20.2. The van der Waals surface area contributed by atoms with E-state index in [9.17, 15) is 9.59 Å². The predicted molar refractivity (Wildman–Crippen MR) is 108 cm³/mol. The fourth-order valence-electron chi connectivity index (χ4n) is 2.95. The maximum atomic E-state index is 12.2. The summed E-state index contributed by atoms with van der Waals surface area (Å²) in [4.78, 5) is 24.3. The van der Waals surface area contributed by atoms with Gasteiger partial charge in [0.25, 0.3) is 5.56 Å². The normalized spacial score (nSPS) is 12.0. The molecule has 0 unspecified atom stereocenters. The molecule has 1 amide bonds. The number of amides is 1. The van der Waals surface area contributed by atoms with Crippen LogP contribution in [0.2, 0.25) is 5.02 Å². The van der Waals surface area contributed by atoms with Crippen LogP contribution in [0, 0.1) is 0 Å². The number of aryl methyl sites for hydroxylation is 1. The van der Waals surface area contributed by atoms with Crippen molar-refractivity contribution in [2.24, 2.45) is 0 Å². The number of carbonyl (C=O) groups is 1. The van der Waals surface area contributed by atoms with E-state index in [0.717, 1.165) is 11.1 Å². The number of aromatic nitrogens is 2. The van der Waals surface area contributed by atoms with Crippen molar-refractivity contribution in [1.82, 2.24) is 15.1 Å². The van der Waals surface area contributed by atoms with Crippen molar-refractivity contribution in [3.63, 3.8) is 0 Å². The molecule has 2 aromatic carbocycles. The lowest BCUT2D eigenvalue weighted by atomic mass is 10.1. The van der Waals surface area contributed by atoms with Crippen LogP contribution in [0.1, 0.15) is 12.0 Å². The second-order valence-corrected chi connectivity index (χ2v) is 6.87. The molecule has 1 N–H and O–H groups in total. The summed E-state index contributed by atoms with van der Waals surface area (Å²) >= 11 is 6.09. The molecule has 1 aliphatic rings. The number of hydrogen-bond donors (Lipinski definition) is 1. The minimum atomic E-state index is -0.270. The summed E-state index contributed by atoms with van der Waals surface area (Å²) in [5.41, 5.74) is 1.97. The van der Waals surface area contributed by atoms with E-state index in [1.54, 1.807) is 18.2 Å². The molecule has 0 saturated carbocycles. The quantitative estimate of drug-likeness (QED) is 0.674. The van der Waals surface area contributed by atoms with Crippen LogP contribution in [-0.4, -0.2) is 22.5 Å². The minimum Gasteiger partial charge on any atom is -0.454 e. The second kappa shape index (κ2) is 8.36. The van der Waals surface area contributed by atoms with Gasteiger partial charge in [-0.3, -0.25) is 9.59 Å². The highest BCUT2D eigenvalue weighted by atomic mass is 35.5. The highest BCUT2D eigenvalue weighted by Crippen LogP contribution is 2.35. The molecule has 0 saturated heterocycles. The predicted octanol–water partition coefficient (Wildman–Crippen LogP) is 3.00. The molecule has 0 atom stereocenters. The highest BCUT2D eigenvalue weighted by Gasteiger charge is 2.15. The molecule has 8 heteroatoms. The Morgan fingerprint density at radius 3 is 2.79 bits per heavy atom. The molecular formula is C21H18ClN3O4. The van der Waals surface area contributed by atoms with Crippen molar-refractivity contribution in [3.8, 4) is 22.8 Å². The Bertz CT molecular complexity index is 1110. The Morgan fingerprint density at radius 2 is 1.93 bits per heavy atom. The topological polar surface area (TPSA) is 82.5 Å². The Morgan fingerprint density at radius 1 is 1.10 bits per heavy atom. The molecule has 0 aliphatic carbocycles. The van der Waals surface area contributed by atoms with Crippen molar-refractivity contribution in [1.29, 1.82) is 0 Å². The first-order valence-electron chi connectivity index (χ1n) is 9.08. The number of benzene rings is 2. The van der Waals surface area contributed by atoms with Gasteiger partial charge in [0.2, 0.25) is 12.7 Å². The van der Waals surface area contributed by atoms with Gasteiger partial charge in [-0.15, -0.1) is 0 Å². The zero-order valence-corrected chi connectivity index (χ0v) is 16.2. The lowest BCUT2D eigenvalue weighted by Gasteiger charge is -2.09. The van der Waals surface area contributed by atoms with Crippen LogP contribution in [0.5, 0.6) is 11.5 Å². The van der Waals surface area contributed by atoms with Crippen molar-refractivity contribution in [3.05, 3.63) is 75.5 Å². The number of rotatable bonds is 6. The largest absolute Gasteiger partial charge is 0.454 e. The highest BCUT2D eigenvalue weighted by molar-refractivity contribution is 6.31. The summed E-state index contributed by atoms with van der Waals surface area (Å²) in [6.45, 7) is 0.693. The van der Waals surface area contributed by atoms with E-state index in [0.29, 0.717) is 28.8 Å². The second-order valence-electron chi connectivity index (χ2n) is 6.47. The van der Waals surface area contributed by atoms with Crippen LogP contribution in [0.15, 0.2) is 59.4 Å². The van der Waals surface area contributed by atoms with Crippen LogP contribution in [0.25, 0.3) is 11.3 Å². The summed E-state index contributed by atoms with van der Waals surface area (Å²) < 4.78 is 12.0. The first-order valence-corrected chi connectivity index (χ1v) is 9.46. The average Bonchev–Trinajstić information content (AvgIpc) is 3.20. The van der Waals surface area contributed by atoms with E-state index in [-0.39, 0.29) is 31.2 Å². The van der Waals surface area contributed by atoms with Crippen molar-refractivity contribution < 1.29 is 14.3 Å². The van der Waals surface area contributed by atoms with Crippen molar-refractivity contribution in [2.45, 2.75) is 19.5 Å². The van der Waals surface area contributed by atoms with Gasteiger partial charge in [0.15, 0.2) is 11.5 Å². The number of ether oxygens (including phenoxy) is 2. The van der Waals surface area contributed by atoms with Crippen LogP contribution in [0.3, 0.4) is 0 Å². The van der Waals surface area contributed by atoms with Crippen LogP contribution >= 0.6 is 11.6 Å². The third kappa shape index (κ3) is 4.41. The van der Waals surface area contributed by atoms with Gasteiger partial charge in [-0.05, 0) is 35.9 Å². The number of nitrogens with one attached hydrogen (secondary N) is 1. The first kappa shape index (κ1) is 19.0. The van der Waals surface area contributed by atoms with Crippen molar-refractivity contribution in [2.75, 3.05) is 6.79 Å². The monoisotopic (exact) mass is 411 g/mol. The molecule has 3 aromatic rings. The smallest absolute Gasteiger partial charge is 0.266 e. The summed E-state index contributed by atoms with van der Waals surface area (Å²) in [5, 5.41) is 7.79. The van der Waals surface area contributed by atoms with E-state index >= 15 is 0 Å². The zero-order valence-electron chi connectivity index (χ0n) is 15.4. The Labute approximate surface area is 171 Å². The van der Waals surface area contributed by atoms with E-state index in [1.165, 1.54) is 10.7 Å². The number of fused-ring (bicyclic) bond motifs is 1. The Hall–Kier alpha value is -3.32. The Balaban J connectivity index is 1.41. The number of halogens is 1. The molecule has 0 spiro atoms. The third-order valence-corrected chi connectivity index (χ3v) is 4.89. The molecule has 0 bridgehead atoms. The molecule has 0 fully saturated rings. The van der Waals surface area contributed by atoms with Crippen LogP contribution < -0.4 is 20.3 Å². The average molecular weight is 412 g/mol. The fourth-order valence-corrected chi connectivity index (χ4v) is 3.15. The minimum absolute atomic E-state index is 0.127. The van der Waals surface area contributed by atoms with Gasteiger partial charge in [0.1, 0.15) is 0 Å². The molecule has 0 radical (unpaired) electrons. The molecule has 1 aliphatic heterocycles. The summed E-state index contributed by atoms with van der Waals surface area (Å²) in [7, 11) is 0. The summed E-state index contributed by atoms with van der Waals surface area (Å²) in [6, 6.07) is 15.9. The number of carbonyl (C=O) groups excluding carboxylic acids is 1. The molecule has 1 aromatic heterocycles. The van der Waals surface area contributed by atoms with E-state index < -0.39 is 0 Å². The molecular weight excluding hydrogens is 394 g/mol. The van der Waals surface area contributed by atoms with E-state index in [1.807, 2.05) is 30.3 Å². The number of nitrogens with zero attached hydrogens (tertiary/aromatic N) is 2. The lowest BCUT2D eigenvalue weighted by molar-refractivity contribution is -0.121. The van der Waals surface area contributed by atoms with Gasteiger partial charge >= 0.3 is 0 Å². The van der Waals surface area contributed by atoms with Gasteiger partial charge in [-0.1, -0.05) is 29.8 Å². The maximum absolute atomic E-state index is 12.2. The van der Waals surface area contributed by atoms with E-state index in [4.69, 9.17) is 21.1 Å². The SMILES string of the molecule is O=C(CCn1nc(-c2ccc3c(c2)OCO3)ccc1=O)NCc1ccccc1Cl. The van der Waals surface area contributed by atoms with Crippen LogP contribution in [-0.2, 0) is 17.9 Å². The Kier molecular flexibility index (Phi) is 5.48. The van der Waals surface area contributed by atoms with Gasteiger partial charge < -0.3 is 14.8 Å². The molecule has 148 valence electrons. The van der Waals surface area contributed by atoms with E-state index in [2.05, 4.69) is 10.4 Å². The van der Waals surface area contributed by atoms with Gasteiger partial charge in [0.05, 0.1) is 12.2 Å². The van der Waals surface area contributed by atoms with Gasteiger partial charge in [-0.25, -0.2) is 4.68 Å². The first-order chi connectivity index (χ1) is 14.1.